The molecule has 9 heteroatoms. The van der Waals surface area contributed by atoms with Gasteiger partial charge in [0, 0.05) is 11.9 Å². The number of alkyl halides is 3. The number of pyridine rings is 1. The molecular weight excluding hydrogens is 419 g/mol. The number of morpholine rings is 1. The van der Waals surface area contributed by atoms with E-state index in [0.717, 1.165) is 35.6 Å². The van der Waals surface area contributed by atoms with E-state index in [0.29, 0.717) is 35.3 Å². The predicted molar refractivity (Wildman–Crippen MR) is 116 cm³/mol. The number of anilines is 2. The van der Waals surface area contributed by atoms with Crippen LogP contribution in [0.3, 0.4) is 0 Å². The van der Waals surface area contributed by atoms with Gasteiger partial charge in [-0.05, 0) is 51.0 Å². The van der Waals surface area contributed by atoms with Crippen LogP contribution in [-0.4, -0.2) is 40.5 Å². The first-order valence-electron chi connectivity index (χ1n) is 10.7. The number of rotatable bonds is 4. The molecule has 2 fully saturated rings. The third-order valence-corrected chi connectivity index (χ3v) is 6.28. The van der Waals surface area contributed by atoms with Crippen molar-refractivity contribution in [1.82, 2.24) is 15.2 Å². The second-order valence-electron chi connectivity index (χ2n) is 8.72. The van der Waals surface area contributed by atoms with E-state index in [1.807, 2.05) is 26.1 Å². The van der Waals surface area contributed by atoms with E-state index in [1.165, 1.54) is 6.07 Å². The third-order valence-electron chi connectivity index (χ3n) is 6.28. The Labute approximate surface area is 183 Å². The van der Waals surface area contributed by atoms with Crippen LogP contribution in [0.4, 0.5) is 24.7 Å². The summed E-state index contributed by atoms with van der Waals surface area (Å²) in [4.78, 5) is 6.94. The smallest absolute Gasteiger partial charge is 0.374 e. The number of halogens is 3. The van der Waals surface area contributed by atoms with Gasteiger partial charge in [0.1, 0.15) is 0 Å². The molecule has 0 aliphatic carbocycles. The first-order valence-corrected chi connectivity index (χ1v) is 10.7. The Morgan fingerprint density at radius 2 is 1.97 bits per heavy atom. The molecule has 32 heavy (non-hydrogen) atoms. The topological polar surface area (TPSA) is 63.2 Å². The molecule has 1 aromatic carbocycles. The molecule has 0 spiro atoms. The van der Waals surface area contributed by atoms with Crippen LogP contribution in [0.2, 0.25) is 0 Å². The van der Waals surface area contributed by atoms with Gasteiger partial charge < -0.3 is 15.0 Å². The second kappa shape index (κ2) is 7.58. The van der Waals surface area contributed by atoms with Crippen LogP contribution in [0.25, 0.3) is 10.9 Å². The molecule has 2 bridgehead atoms. The molecule has 2 aliphatic heterocycles. The molecule has 2 unspecified atom stereocenters. The second-order valence-corrected chi connectivity index (χ2v) is 8.72. The Kier molecular flexibility index (Phi) is 4.96. The van der Waals surface area contributed by atoms with Crippen LogP contribution < -0.4 is 10.2 Å². The summed E-state index contributed by atoms with van der Waals surface area (Å²) >= 11 is 0. The van der Waals surface area contributed by atoms with Crippen LogP contribution in [0.15, 0.2) is 30.5 Å². The fraction of sp³-hybridized carbons (Fsp3) is 0.435. The van der Waals surface area contributed by atoms with Crippen LogP contribution in [0, 0.1) is 13.8 Å². The fourth-order valence-corrected chi connectivity index (χ4v) is 4.64. The number of nitrogens with zero attached hydrogens (tertiary/aromatic N) is 4. The van der Waals surface area contributed by atoms with Crippen molar-refractivity contribution in [2.75, 3.05) is 23.4 Å². The number of aromatic nitrogens is 3. The zero-order valence-corrected chi connectivity index (χ0v) is 18.1. The lowest BCUT2D eigenvalue weighted by Gasteiger charge is -2.29. The van der Waals surface area contributed by atoms with Crippen molar-refractivity contribution in [1.29, 1.82) is 0 Å². The van der Waals surface area contributed by atoms with Crippen LogP contribution >= 0.6 is 0 Å². The number of nitrogens with one attached hydrogen (secondary N) is 1. The maximum atomic E-state index is 13.3. The van der Waals surface area contributed by atoms with Gasteiger partial charge >= 0.3 is 6.18 Å². The largest absolute Gasteiger partial charge is 0.416 e. The fourth-order valence-electron chi connectivity index (χ4n) is 4.64. The highest BCUT2D eigenvalue weighted by molar-refractivity contribution is 5.92. The summed E-state index contributed by atoms with van der Waals surface area (Å²) in [6.07, 6.45) is -1.27. The quantitative estimate of drug-likeness (QED) is 0.624. The Balaban J connectivity index is 1.49. The van der Waals surface area contributed by atoms with Crippen molar-refractivity contribution in [3.63, 3.8) is 0 Å². The first kappa shape index (κ1) is 20.9. The zero-order chi connectivity index (χ0) is 22.6. The molecule has 4 heterocycles. The number of hydrogen-bond acceptors (Lipinski definition) is 6. The summed E-state index contributed by atoms with van der Waals surface area (Å²) in [5, 5.41) is 12.6. The normalized spacial score (nSPS) is 21.4. The summed E-state index contributed by atoms with van der Waals surface area (Å²) in [6, 6.07) is 6.06. The van der Waals surface area contributed by atoms with Crippen molar-refractivity contribution in [3.8, 4) is 0 Å². The summed E-state index contributed by atoms with van der Waals surface area (Å²) in [5.74, 6) is 0.503. The highest BCUT2D eigenvalue weighted by Crippen LogP contribution is 2.36. The standard InChI is InChI=1S/C23H24F3N5O/c1-12-4-15(6-16(5-12)23(24,25)26)13(2)28-22-20-8-17(9-27-21(20)14(3)29-30-22)31-10-19-7-18(31)11-32-19/h4-6,8-9,13,18-19H,7,10-11H2,1-3H3,(H,28,30)/t13-,18?,19?/m1/s1. The number of benzene rings is 1. The molecule has 1 N–H and O–H groups in total. The minimum absolute atomic E-state index is 0.259. The molecule has 0 radical (unpaired) electrons. The number of fused-ring (bicyclic) bond motifs is 3. The summed E-state index contributed by atoms with van der Waals surface area (Å²) < 4.78 is 45.5. The van der Waals surface area contributed by atoms with Gasteiger partial charge in [-0.25, -0.2) is 0 Å². The van der Waals surface area contributed by atoms with Gasteiger partial charge in [-0.1, -0.05) is 11.6 Å². The van der Waals surface area contributed by atoms with E-state index >= 15 is 0 Å². The predicted octanol–water partition coefficient (Wildman–Crippen LogP) is 4.81. The first-order chi connectivity index (χ1) is 15.2. The van der Waals surface area contributed by atoms with Gasteiger partial charge in [0.25, 0.3) is 0 Å². The van der Waals surface area contributed by atoms with Gasteiger partial charge in [-0.2, -0.15) is 18.3 Å². The molecule has 0 amide bonds. The molecule has 6 nitrogen and oxygen atoms in total. The van der Waals surface area contributed by atoms with Crippen molar-refractivity contribution >= 4 is 22.4 Å². The van der Waals surface area contributed by atoms with E-state index in [-0.39, 0.29) is 6.10 Å². The highest BCUT2D eigenvalue weighted by Gasteiger charge is 2.39. The van der Waals surface area contributed by atoms with Crippen LogP contribution in [0.1, 0.15) is 41.8 Å². The van der Waals surface area contributed by atoms with Crippen molar-refractivity contribution in [2.45, 2.75) is 51.6 Å². The Bertz CT molecular complexity index is 1180. The van der Waals surface area contributed by atoms with Crippen LogP contribution in [-0.2, 0) is 10.9 Å². The minimum atomic E-state index is -4.39. The summed E-state index contributed by atoms with van der Waals surface area (Å²) in [7, 11) is 0. The Morgan fingerprint density at radius 3 is 2.66 bits per heavy atom. The van der Waals surface area contributed by atoms with Gasteiger partial charge in [0.2, 0.25) is 0 Å². The van der Waals surface area contributed by atoms with Gasteiger partial charge in [-0.3, -0.25) is 4.98 Å². The lowest BCUT2D eigenvalue weighted by Crippen LogP contribution is -2.36. The Hall–Kier alpha value is -2.94. The van der Waals surface area contributed by atoms with Gasteiger partial charge in [-0.15, -0.1) is 5.10 Å². The molecular formula is C23H24F3N5O. The van der Waals surface area contributed by atoms with Crippen LogP contribution in [0.5, 0.6) is 0 Å². The lowest BCUT2D eigenvalue weighted by atomic mass is 10.0. The molecule has 3 aromatic rings. The van der Waals surface area contributed by atoms with Crippen molar-refractivity contribution in [2.24, 2.45) is 0 Å². The summed E-state index contributed by atoms with van der Waals surface area (Å²) in [6.45, 7) is 6.87. The molecule has 168 valence electrons. The number of hydrogen-bond donors (Lipinski definition) is 1. The summed E-state index contributed by atoms with van der Waals surface area (Å²) in [5.41, 5.74) is 2.84. The average Bonchev–Trinajstić information content (AvgIpc) is 3.38. The van der Waals surface area contributed by atoms with Crippen molar-refractivity contribution in [3.05, 3.63) is 52.8 Å². The minimum Gasteiger partial charge on any atom is -0.374 e. The van der Waals surface area contributed by atoms with E-state index in [1.54, 1.807) is 13.0 Å². The molecule has 0 saturated carbocycles. The van der Waals surface area contributed by atoms with E-state index in [9.17, 15) is 13.2 Å². The lowest BCUT2D eigenvalue weighted by molar-refractivity contribution is -0.137. The monoisotopic (exact) mass is 443 g/mol. The zero-order valence-electron chi connectivity index (χ0n) is 18.1. The van der Waals surface area contributed by atoms with Gasteiger partial charge in [0.05, 0.1) is 53.5 Å². The number of aryl methyl sites for hydroxylation is 2. The SMILES string of the molecule is Cc1cc([C@@H](C)Nc2nnc(C)c3ncc(N4CC5CC4CO5)cc23)cc(C(F)(F)F)c1. The molecule has 5 rings (SSSR count). The van der Waals surface area contributed by atoms with E-state index < -0.39 is 17.8 Å². The molecule has 2 saturated heterocycles. The molecule has 3 atom stereocenters. The van der Waals surface area contributed by atoms with Gasteiger partial charge in [0.15, 0.2) is 5.82 Å². The number of ether oxygens (including phenoxy) is 1. The third kappa shape index (κ3) is 3.74. The maximum absolute atomic E-state index is 13.3. The molecule has 2 aromatic heterocycles. The Morgan fingerprint density at radius 1 is 1.16 bits per heavy atom. The molecule has 2 aliphatic rings. The maximum Gasteiger partial charge on any atom is 0.416 e. The van der Waals surface area contributed by atoms with E-state index in [4.69, 9.17) is 4.74 Å². The van der Waals surface area contributed by atoms with E-state index in [2.05, 4.69) is 25.4 Å². The van der Waals surface area contributed by atoms with Crippen molar-refractivity contribution < 1.29 is 17.9 Å². The highest BCUT2D eigenvalue weighted by atomic mass is 19.4. The average molecular weight is 443 g/mol.